The van der Waals surface area contributed by atoms with Crippen molar-refractivity contribution in [2.24, 2.45) is 0 Å². The monoisotopic (exact) mass is 292 g/mol. The molecule has 0 fully saturated rings. The van der Waals surface area contributed by atoms with Crippen LogP contribution in [0.1, 0.15) is 23.8 Å². The molecule has 0 aliphatic rings. The standard InChI is InChI=1S/C14H20N4OS/c1-4-10(8-20-3)18(2)14(19)13-11-7-9(15)5-6-12(11)16-17-13/h5-7,10H,4,8,15H2,1-3H3,(H,16,17). The smallest absolute Gasteiger partial charge is 0.275 e. The van der Waals surface area contributed by atoms with Crippen LogP contribution in [0.25, 0.3) is 10.9 Å². The number of thioether (sulfide) groups is 1. The largest absolute Gasteiger partial charge is 0.399 e. The van der Waals surface area contributed by atoms with Gasteiger partial charge in [-0.05, 0) is 30.9 Å². The van der Waals surface area contributed by atoms with E-state index >= 15 is 0 Å². The number of benzene rings is 1. The summed E-state index contributed by atoms with van der Waals surface area (Å²) >= 11 is 1.74. The molecule has 0 bridgehead atoms. The fourth-order valence-corrected chi connectivity index (χ4v) is 3.07. The molecule has 0 aliphatic heterocycles. The Morgan fingerprint density at radius 2 is 2.30 bits per heavy atom. The average Bonchev–Trinajstić information content (AvgIpc) is 2.86. The number of anilines is 1. The molecular weight excluding hydrogens is 272 g/mol. The van der Waals surface area contributed by atoms with Gasteiger partial charge in [0.25, 0.3) is 5.91 Å². The highest BCUT2D eigenvalue weighted by molar-refractivity contribution is 7.98. The molecule has 1 unspecified atom stereocenters. The summed E-state index contributed by atoms with van der Waals surface area (Å²) in [5.74, 6) is 0.853. The number of nitrogens with zero attached hydrogens (tertiary/aromatic N) is 2. The molecule has 1 aromatic heterocycles. The van der Waals surface area contributed by atoms with E-state index in [9.17, 15) is 4.79 Å². The number of hydrogen-bond donors (Lipinski definition) is 2. The molecule has 1 heterocycles. The van der Waals surface area contributed by atoms with E-state index in [0.717, 1.165) is 23.1 Å². The Morgan fingerprint density at radius 1 is 1.55 bits per heavy atom. The van der Waals surface area contributed by atoms with Crippen LogP contribution in [-0.4, -0.2) is 46.1 Å². The third kappa shape index (κ3) is 2.75. The van der Waals surface area contributed by atoms with E-state index in [2.05, 4.69) is 17.1 Å². The Bertz CT molecular complexity index is 610. The minimum absolute atomic E-state index is 0.0669. The van der Waals surface area contributed by atoms with E-state index in [1.165, 1.54) is 0 Å². The van der Waals surface area contributed by atoms with Gasteiger partial charge in [0.05, 0.1) is 5.52 Å². The maximum Gasteiger partial charge on any atom is 0.275 e. The fraction of sp³-hybridized carbons (Fsp3) is 0.429. The van der Waals surface area contributed by atoms with Crippen LogP contribution in [0, 0.1) is 0 Å². The number of rotatable bonds is 5. The molecule has 5 nitrogen and oxygen atoms in total. The molecule has 0 spiro atoms. The van der Waals surface area contributed by atoms with E-state index in [1.54, 1.807) is 28.8 Å². The third-order valence-corrected chi connectivity index (χ3v) is 4.21. The number of nitrogens with one attached hydrogen (secondary N) is 1. The molecule has 6 heteroatoms. The Labute approximate surface area is 122 Å². The van der Waals surface area contributed by atoms with E-state index in [-0.39, 0.29) is 11.9 Å². The summed E-state index contributed by atoms with van der Waals surface area (Å²) < 4.78 is 0. The molecule has 2 aromatic rings. The Balaban J connectivity index is 2.33. The molecule has 0 aliphatic carbocycles. The minimum atomic E-state index is -0.0669. The molecule has 2 rings (SSSR count). The maximum atomic E-state index is 12.6. The summed E-state index contributed by atoms with van der Waals surface area (Å²) in [6.07, 6.45) is 2.97. The molecule has 1 amide bonds. The zero-order valence-corrected chi connectivity index (χ0v) is 12.8. The minimum Gasteiger partial charge on any atom is -0.399 e. The number of carbonyl (C=O) groups is 1. The van der Waals surface area contributed by atoms with Crippen LogP contribution in [0.4, 0.5) is 5.69 Å². The number of nitrogen functional groups attached to an aromatic ring is 1. The summed E-state index contributed by atoms with van der Waals surface area (Å²) in [6, 6.07) is 5.63. The summed E-state index contributed by atoms with van der Waals surface area (Å²) in [4.78, 5) is 14.4. The number of fused-ring (bicyclic) bond motifs is 1. The highest BCUT2D eigenvalue weighted by Gasteiger charge is 2.23. The predicted molar refractivity (Wildman–Crippen MR) is 85.1 cm³/mol. The fourth-order valence-electron chi connectivity index (χ4n) is 2.22. The van der Waals surface area contributed by atoms with Crippen molar-refractivity contribution in [3.8, 4) is 0 Å². The van der Waals surface area contributed by atoms with Crippen LogP contribution in [0.3, 0.4) is 0 Å². The third-order valence-electron chi connectivity index (χ3n) is 3.49. The Kier molecular flexibility index (Phi) is 4.54. The van der Waals surface area contributed by atoms with Gasteiger partial charge >= 0.3 is 0 Å². The van der Waals surface area contributed by atoms with E-state index in [0.29, 0.717) is 11.4 Å². The van der Waals surface area contributed by atoms with Crippen molar-refractivity contribution in [3.63, 3.8) is 0 Å². The topological polar surface area (TPSA) is 75.0 Å². The summed E-state index contributed by atoms with van der Waals surface area (Å²) in [6.45, 7) is 2.09. The molecule has 108 valence electrons. The van der Waals surface area contributed by atoms with Gasteiger partial charge in [0, 0.05) is 29.9 Å². The zero-order chi connectivity index (χ0) is 14.7. The number of hydrogen-bond acceptors (Lipinski definition) is 4. The van der Waals surface area contributed by atoms with Crippen molar-refractivity contribution >= 4 is 34.3 Å². The van der Waals surface area contributed by atoms with Crippen LogP contribution in [-0.2, 0) is 0 Å². The quantitative estimate of drug-likeness (QED) is 0.830. The van der Waals surface area contributed by atoms with Gasteiger partial charge in [0.15, 0.2) is 5.69 Å². The summed E-state index contributed by atoms with van der Waals surface area (Å²) in [7, 11) is 1.83. The summed E-state index contributed by atoms with van der Waals surface area (Å²) in [5.41, 5.74) is 7.69. The number of aromatic nitrogens is 2. The molecule has 0 saturated carbocycles. The second-order valence-corrected chi connectivity index (χ2v) is 5.72. The molecule has 1 aromatic carbocycles. The molecular formula is C14H20N4OS. The summed E-state index contributed by atoms with van der Waals surface area (Å²) in [5, 5.41) is 7.82. The van der Waals surface area contributed by atoms with Gasteiger partial charge in [0.2, 0.25) is 0 Å². The van der Waals surface area contributed by atoms with Crippen LogP contribution in [0.15, 0.2) is 18.2 Å². The molecule has 20 heavy (non-hydrogen) atoms. The van der Waals surface area contributed by atoms with Crippen molar-refractivity contribution in [2.45, 2.75) is 19.4 Å². The van der Waals surface area contributed by atoms with Gasteiger partial charge in [-0.2, -0.15) is 16.9 Å². The van der Waals surface area contributed by atoms with Crippen molar-refractivity contribution < 1.29 is 4.79 Å². The van der Waals surface area contributed by atoms with E-state index in [4.69, 9.17) is 5.73 Å². The van der Waals surface area contributed by atoms with Gasteiger partial charge in [-0.15, -0.1) is 0 Å². The van der Waals surface area contributed by atoms with Gasteiger partial charge < -0.3 is 10.6 Å². The lowest BCUT2D eigenvalue weighted by Gasteiger charge is -2.26. The second-order valence-electron chi connectivity index (χ2n) is 4.81. The van der Waals surface area contributed by atoms with Gasteiger partial charge in [-0.1, -0.05) is 6.92 Å². The maximum absolute atomic E-state index is 12.6. The van der Waals surface area contributed by atoms with Crippen LogP contribution < -0.4 is 5.73 Å². The Morgan fingerprint density at radius 3 is 2.95 bits per heavy atom. The molecule has 0 saturated heterocycles. The van der Waals surface area contributed by atoms with Crippen molar-refractivity contribution in [1.82, 2.24) is 15.1 Å². The highest BCUT2D eigenvalue weighted by Crippen LogP contribution is 2.21. The van der Waals surface area contributed by atoms with Crippen molar-refractivity contribution in [2.75, 3.05) is 24.8 Å². The lowest BCUT2D eigenvalue weighted by Crippen LogP contribution is -2.38. The van der Waals surface area contributed by atoms with E-state index < -0.39 is 0 Å². The van der Waals surface area contributed by atoms with Crippen LogP contribution in [0.5, 0.6) is 0 Å². The zero-order valence-electron chi connectivity index (χ0n) is 12.0. The molecule has 1 atom stereocenters. The first-order chi connectivity index (χ1) is 9.58. The number of nitrogens with two attached hydrogens (primary N) is 1. The van der Waals surface area contributed by atoms with Gasteiger partial charge in [0.1, 0.15) is 0 Å². The first-order valence-electron chi connectivity index (χ1n) is 6.58. The Hall–Kier alpha value is -1.69. The van der Waals surface area contributed by atoms with Crippen LogP contribution >= 0.6 is 11.8 Å². The second kappa shape index (κ2) is 6.17. The van der Waals surface area contributed by atoms with Crippen molar-refractivity contribution in [3.05, 3.63) is 23.9 Å². The van der Waals surface area contributed by atoms with E-state index in [1.807, 2.05) is 19.4 Å². The lowest BCUT2D eigenvalue weighted by molar-refractivity contribution is 0.0739. The average molecular weight is 292 g/mol. The first kappa shape index (κ1) is 14.7. The number of carbonyl (C=O) groups excluding carboxylic acids is 1. The molecule has 0 radical (unpaired) electrons. The van der Waals surface area contributed by atoms with Crippen molar-refractivity contribution in [1.29, 1.82) is 0 Å². The lowest BCUT2D eigenvalue weighted by atomic mass is 10.1. The first-order valence-corrected chi connectivity index (χ1v) is 7.97. The number of amides is 1. The molecule has 3 N–H and O–H groups in total. The number of aromatic amines is 1. The van der Waals surface area contributed by atoms with Gasteiger partial charge in [-0.25, -0.2) is 0 Å². The van der Waals surface area contributed by atoms with Crippen LogP contribution in [0.2, 0.25) is 0 Å². The number of H-pyrrole nitrogens is 1. The van der Waals surface area contributed by atoms with Gasteiger partial charge in [-0.3, -0.25) is 9.89 Å². The SMILES string of the molecule is CCC(CSC)N(C)C(=O)c1n[nH]c2ccc(N)cc12. The normalized spacial score (nSPS) is 12.6. The predicted octanol–water partition coefficient (Wildman–Crippen LogP) is 2.36. The highest BCUT2D eigenvalue weighted by atomic mass is 32.2.